The second-order valence-electron chi connectivity index (χ2n) is 8.03. The van der Waals surface area contributed by atoms with Crippen molar-refractivity contribution in [1.29, 1.82) is 0 Å². The maximum absolute atomic E-state index is 14.1. The van der Waals surface area contributed by atoms with Gasteiger partial charge in [-0.1, -0.05) is 67.7 Å². The average Bonchev–Trinajstić information content (AvgIpc) is 2.76. The zero-order chi connectivity index (χ0) is 24.5. The fraction of sp³-hybridized carbons (Fsp3) is 0.417. The number of amides is 2. The molecule has 2 rings (SSSR count). The maximum Gasteiger partial charge on any atom is 0.242 e. The van der Waals surface area contributed by atoms with E-state index < -0.39 is 11.9 Å². The van der Waals surface area contributed by atoms with Crippen LogP contribution in [0, 0.1) is 11.7 Å². The molecule has 2 aromatic carbocycles. The Bertz CT molecular complexity index is 954. The van der Waals surface area contributed by atoms with Crippen molar-refractivity contribution >= 4 is 58.4 Å². The van der Waals surface area contributed by atoms with Gasteiger partial charge in [0.05, 0.1) is 15.8 Å². The second-order valence-corrected chi connectivity index (χ2v) is 10.2. The molecule has 0 saturated carbocycles. The zero-order valence-electron chi connectivity index (χ0n) is 18.8. The molecule has 0 saturated heterocycles. The van der Waals surface area contributed by atoms with E-state index in [0.29, 0.717) is 33.6 Å². The van der Waals surface area contributed by atoms with E-state index in [1.165, 1.54) is 23.9 Å². The standard InChI is InChI=1S/C24H28Cl3FN2O2S/c1-4-22(24(32)29-11-15(2)3)30(12-16-8-9-19(26)20(27)10-16)23(31)14-33-13-17-18(25)6-5-7-21(17)28/h5-10,15,22H,4,11-14H2,1-3H3,(H,29,32)/t22-/m1/s1. The minimum Gasteiger partial charge on any atom is -0.354 e. The summed E-state index contributed by atoms with van der Waals surface area (Å²) in [6.07, 6.45) is 0.445. The van der Waals surface area contributed by atoms with Crippen LogP contribution in [0.1, 0.15) is 38.3 Å². The normalized spacial score (nSPS) is 12.0. The molecule has 2 aromatic rings. The lowest BCUT2D eigenvalue weighted by atomic mass is 10.1. The van der Waals surface area contributed by atoms with Crippen LogP contribution >= 0.6 is 46.6 Å². The molecule has 180 valence electrons. The Balaban J connectivity index is 2.19. The van der Waals surface area contributed by atoms with Crippen LogP contribution in [0.25, 0.3) is 0 Å². The van der Waals surface area contributed by atoms with Crippen molar-refractivity contribution in [2.75, 3.05) is 12.3 Å². The van der Waals surface area contributed by atoms with Gasteiger partial charge in [0.1, 0.15) is 11.9 Å². The van der Waals surface area contributed by atoms with Crippen molar-refractivity contribution in [3.05, 3.63) is 68.4 Å². The number of hydrogen-bond acceptors (Lipinski definition) is 3. The molecular weight excluding hydrogens is 506 g/mol. The number of carbonyl (C=O) groups is 2. The first-order chi connectivity index (χ1) is 15.6. The van der Waals surface area contributed by atoms with Crippen LogP contribution in [0.15, 0.2) is 36.4 Å². The molecule has 1 N–H and O–H groups in total. The van der Waals surface area contributed by atoms with Crippen molar-refractivity contribution in [3.63, 3.8) is 0 Å². The lowest BCUT2D eigenvalue weighted by molar-refractivity contribution is -0.139. The summed E-state index contributed by atoms with van der Waals surface area (Å²) in [6.45, 7) is 6.59. The molecule has 0 radical (unpaired) electrons. The van der Waals surface area contributed by atoms with E-state index in [0.717, 1.165) is 5.56 Å². The summed E-state index contributed by atoms with van der Waals surface area (Å²) in [7, 11) is 0. The monoisotopic (exact) mass is 532 g/mol. The SMILES string of the molecule is CC[C@H](C(=O)NCC(C)C)N(Cc1ccc(Cl)c(Cl)c1)C(=O)CSCc1c(F)cccc1Cl. The molecule has 0 aliphatic heterocycles. The van der Waals surface area contributed by atoms with Crippen LogP contribution in [0.2, 0.25) is 15.1 Å². The van der Waals surface area contributed by atoms with Crippen LogP contribution in [-0.4, -0.2) is 35.1 Å². The molecule has 0 heterocycles. The highest BCUT2D eigenvalue weighted by atomic mass is 35.5. The van der Waals surface area contributed by atoms with Gasteiger partial charge in [0.25, 0.3) is 0 Å². The molecule has 33 heavy (non-hydrogen) atoms. The molecule has 0 bridgehead atoms. The van der Waals surface area contributed by atoms with Gasteiger partial charge >= 0.3 is 0 Å². The Kier molecular flexibility index (Phi) is 11.3. The van der Waals surface area contributed by atoms with Crippen LogP contribution in [0.4, 0.5) is 4.39 Å². The van der Waals surface area contributed by atoms with E-state index in [4.69, 9.17) is 34.8 Å². The van der Waals surface area contributed by atoms with E-state index in [1.807, 2.05) is 20.8 Å². The first kappa shape index (κ1) is 27.8. The smallest absolute Gasteiger partial charge is 0.242 e. The Morgan fingerprint density at radius 2 is 1.82 bits per heavy atom. The fourth-order valence-corrected chi connectivity index (χ4v) is 4.74. The van der Waals surface area contributed by atoms with Gasteiger partial charge in [-0.15, -0.1) is 11.8 Å². The number of thioether (sulfide) groups is 1. The molecule has 0 fully saturated rings. The summed E-state index contributed by atoms with van der Waals surface area (Å²) in [6, 6.07) is 8.98. The molecule has 0 aliphatic carbocycles. The molecular formula is C24H28Cl3FN2O2S. The third-order valence-electron chi connectivity index (χ3n) is 4.94. The topological polar surface area (TPSA) is 49.4 Å². The van der Waals surface area contributed by atoms with Gasteiger partial charge in [-0.25, -0.2) is 4.39 Å². The van der Waals surface area contributed by atoms with Gasteiger partial charge < -0.3 is 10.2 Å². The Labute approximate surface area is 214 Å². The molecule has 9 heteroatoms. The summed E-state index contributed by atoms with van der Waals surface area (Å²) < 4.78 is 14.1. The van der Waals surface area contributed by atoms with Crippen molar-refractivity contribution in [1.82, 2.24) is 10.2 Å². The Hall–Kier alpha value is -1.47. The third kappa shape index (κ3) is 8.36. The molecule has 0 spiro atoms. The zero-order valence-corrected chi connectivity index (χ0v) is 21.9. The maximum atomic E-state index is 14.1. The quantitative estimate of drug-likeness (QED) is 0.354. The van der Waals surface area contributed by atoms with Crippen molar-refractivity contribution < 1.29 is 14.0 Å². The van der Waals surface area contributed by atoms with Gasteiger partial charge in [0.2, 0.25) is 11.8 Å². The number of halogens is 4. The highest BCUT2D eigenvalue weighted by molar-refractivity contribution is 7.99. The lowest BCUT2D eigenvalue weighted by Crippen LogP contribution is -2.50. The molecule has 0 aromatic heterocycles. The minimum atomic E-state index is -0.650. The first-order valence-corrected chi connectivity index (χ1v) is 12.9. The first-order valence-electron chi connectivity index (χ1n) is 10.7. The largest absolute Gasteiger partial charge is 0.354 e. The van der Waals surface area contributed by atoms with E-state index in [2.05, 4.69) is 5.32 Å². The van der Waals surface area contributed by atoms with Crippen LogP contribution in [-0.2, 0) is 21.9 Å². The predicted octanol–water partition coefficient (Wildman–Crippen LogP) is 6.60. The van der Waals surface area contributed by atoms with Crippen molar-refractivity contribution in [3.8, 4) is 0 Å². The van der Waals surface area contributed by atoms with Crippen molar-refractivity contribution in [2.45, 2.75) is 45.5 Å². The van der Waals surface area contributed by atoms with Crippen LogP contribution in [0.3, 0.4) is 0 Å². The Morgan fingerprint density at radius 1 is 1.09 bits per heavy atom. The number of nitrogens with zero attached hydrogens (tertiary/aromatic N) is 1. The van der Waals surface area contributed by atoms with Gasteiger partial charge in [-0.2, -0.15) is 0 Å². The molecule has 4 nitrogen and oxygen atoms in total. The summed E-state index contributed by atoms with van der Waals surface area (Å²) in [5, 5.41) is 4.03. The Morgan fingerprint density at radius 3 is 2.42 bits per heavy atom. The number of hydrogen-bond donors (Lipinski definition) is 1. The molecule has 2 amide bonds. The number of nitrogens with one attached hydrogen (secondary N) is 1. The van der Waals surface area contributed by atoms with Gasteiger partial charge in [-0.05, 0) is 42.2 Å². The minimum absolute atomic E-state index is 0.0694. The highest BCUT2D eigenvalue weighted by Gasteiger charge is 2.28. The van der Waals surface area contributed by atoms with Gasteiger partial charge in [-0.3, -0.25) is 9.59 Å². The van der Waals surface area contributed by atoms with E-state index in [1.54, 1.807) is 29.2 Å². The van der Waals surface area contributed by atoms with Crippen molar-refractivity contribution in [2.24, 2.45) is 5.92 Å². The summed E-state index contributed by atoms with van der Waals surface area (Å²) in [4.78, 5) is 27.7. The second kappa shape index (κ2) is 13.4. The number of carbonyl (C=O) groups excluding carboxylic acids is 2. The average molecular weight is 534 g/mol. The van der Waals surface area contributed by atoms with Gasteiger partial charge in [0.15, 0.2) is 0 Å². The number of rotatable bonds is 11. The number of benzene rings is 2. The summed E-state index contributed by atoms with van der Waals surface area (Å²) in [5.41, 5.74) is 1.12. The van der Waals surface area contributed by atoms with E-state index in [9.17, 15) is 14.0 Å². The fourth-order valence-electron chi connectivity index (χ4n) is 3.17. The molecule has 0 unspecified atom stereocenters. The lowest BCUT2D eigenvalue weighted by Gasteiger charge is -2.31. The van der Waals surface area contributed by atoms with Crippen LogP contribution < -0.4 is 5.32 Å². The van der Waals surface area contributed by atoms with E-state index >= 15 is 0 Å². The third-order valence-corrected chi connectivity index (χ3v) is 6.98. The molecule has 1 atom stereocenters. The van der Waals surface area contributed by atoms with E-state index in [-0.39, 0.29) is 35.8 Å². The highest BCUT2D eigenvalue weighted by Crippen LogP contribution is 2.26. The summed E-state index contributed by atoms with van der Waals surface area (Å²) >= 11 is 19.5. The predicted molar refractivity (Wildman–Crippen MR) is 137 cm³/mol. The van der Waals surface area contributed by atoms with Gasteiger partial charge in [0, 0.05) is 29.4 Å². The molecule has 0 aliphatic rings. The van der Waals surface area contributed by atoms with Crippen LogP contribution in [0.5, 0.6) is 0 Å². The summed E-state index contributed by atoms with van der Waals surface area (Å²) in [5.74, 6) is -0.248.